The van der Waals surface area contributed by atoms with E-state index >= 15 is 0 Å². The highest BCUT2D eigenvalue weighted by Gasteiger charge is 2.21. The van der Waals surface area contributed by atoms with Crippen LogP contribution in [0.15, 0.2) is 6.33 Å². The first kappa shape index (κ1) is 15.0. The van der Waals surface area contributed by atoms with E-state index in [9.17, 15) is 0 Å². The Labute approximate surface area is 122 Å². The Morgan fingerprint density at radius 3 is 2.65 bits per heavy atom. The number of nitrogens with one attached hydrogen (secondary N) is 1. The van der Waals surface area contributed by atoms with Gasteiger partial charge in [-0.25, -0.2) is 9.97 Å². The molecule has 0 aliphatic carbocycles. The molecule has 3 N–H and O–H groups in total. The van der Waals surface area contributed by atoms with Gasteiger partial charge in [0.25, 0.3) is 0 Å². The number of rotatable bonds is 5. The van der Waals surface area contributed by atoms with Crippen molar-refractivity contribution in [2.45, 2.75) is 52.0 Å². The highest BCUT2D eigenvalue weighted by atomic mass is 15.1. The van der Waals surface area contributed by atoms with Gasteiger partial charge in [-0.15, -0.1) is 0 Å². The Bertz CT molecular complexity index is 424. The molecule has 0 aromatic carbocycles. The average Bonchev–Trinajstić information content (AvgIpc) is 2.41. The number of hydrogen-bond acceptors (Lipinski definition) is 5. The Morgan fingerprint density at radius 2 is 2.05 bits per heavy atom. The molecule has 1 aromatic heterocycles. The van der Waals surface area contributed by atoms with E-state index in [0.717, 1.165) is 11.4 Å². The SMILES string of the molecule is CCCN1CCC(Nc2ncnc(N)c2C(C)C)CC1. The van der Waals surface area contributed by atoms with Crippen molar-refractivity contribution in [1.82, 2.24) is 14.9 Å². The summed E-state index contributed by atoms with van der Waals surface area (Å²) in [5.74, 6) is 1.85. The van der Waals surface area contributed by atoms with Gasteiger partial charge in [-0.3, -0.25) is 0 Å². The number of anilines is 2. The van der Waals surface area contributed by atoms with Crippen molar-refractivity contribution < 1.29 is 0 Å². The topological polar surface area (TPSA) is 67.1 Å². The largest absolute Gasteiger partial charge is 0.383 e. The molecular weight excluding hydrogens is 250 g/mol. The van der Waals surface area contributed by atoms with Gasteiger partial charge in [-0.05, 0) is 31.7 Å². The summed E-state index contributed by atoms with van der Waals surface area (Å²) in [6.07, 6.45) is 5.12. The van der Waals surface area contributed by atoms with E-state index in [-0.39, 0.29) is 0 Å². The zero-order valence-electron chi connectivity index (χ0n) is 12.9. The minimum absolute atomic E-state index is 0.332. The second-order valence-corrected chi connectivity index (χ2v) is 5.94. The lowest BCUT2D eigenvalue weighted by Crippen LogP contribution is -2.39. The fourth-order valence-electron chi connectivity index (χ4n) is 2.90. The molecule has 0 amide bonds. The molecule has 2 rings (SSSR count). The molecule has 0 radical (unpaired) electrons. The predicted octanol–water partition coefficient (Wildman–Crippen LogP) is 2.47. The molecule has 1 fully saturated rings. The number of nitrogens with zero attached hydrogens (tertiary/aromatic N) is 3. The molecule has 20 heavy (non-hydrogen) atoms. The summed E-state index contributed by atoms with van der Waals surface area (Å²) >= 11 is 0. The molecule has 0 bridgehead atoms. The van der Waals surface area contributed by atoms with Crippen LogP contribution in [0.5, 0.6) is 0 Å². The zero-order valence-corrected chi connectivity index (χ0v) is 12.9. The number of nitrogens with two attached hydrogens (primary N) is 1. The quantitative estimate of drug-likeness (QED) is 0.865. The monoisotopic (exact) mass is 277 g/mol. The van der Waals surface area contributed by atoms with Crippen LogP contribution in [-0.4, -0.2) is 40.5 Å². The van der Waals surface area contributed by atoms with Crippen molar-refractivity contribution in [2.75, 3.05) is 30.7 Å². The molecule has 1 aromatic rings. The van der Waals surface area contributed by atoms with Crippen LogP contribution >= 0.6 is 0 Å². The van der Waals surface area contributed by atoms with Crippen LogP contribution in [0.3, 0.4) is 0 Å². The molecule has 0 atom stereocenters. The third-order valence-corrected chi connectivity index (χ3v) is 3.96. The lowest BCUT2D eigenvalue weighted by atomic mass is 10.0. The van der Waals surface area contributed by atoms with Crippen LogP contribution in [0.1, 0.15) is 51.5 Å². The number of likely N-dealkylation sites (tertiary alicyclic amines) is 1. The van der Waals surface area contributed by atoms with Gasteiger partial charge >= 0.3 is 0 Å². The molecule has 0 saturated carbocycles. The molecular formula is C15H27N5. The lowest BCUT2D eigenvalue weighted by molar-refractivity contribution is 0.219. The van der Waals surface area contributed by atoms with E-state index < -0.39 is 0 Å². The van der Waals surface area contributed by atoms with Crippen LogP contribution in [0.4, 0.5) is 11.6 Å². The third kappa shape index (κ3) is 3.60. The first-order chi connectivity index (χ1) is 9.61. The van der Waals surface area contributed by atoms with Crippen molar-refractivity contribution in [3.8, 4) is 0 Å². The first-order valence-corrected chi connectivity index (χ1v) is 7.71. The normalized spacial score (nSPS) is 17.6. The predicted molar refractivity (Wildman–Crippen MR) is 83.9 cm³/mol. The van der Waals surface area contributed by atoms with E-state index in [0.29, 0.717) is 17.8 Å². The highest BCUT2D eigenvalue weighted by molar-refractivity contribution is 5.57. The van der Waals surface area contributed by atoms with Gasteiger partial charge in [-0.2, -0.15) is 0 Å². The van der Waals surface area contributed by atoms with Crippen LogP contribution in [-0.2, 0) is 0 Å². The fourth-order valence-corrected chi connectivity index (χ4v) is 2.90. The summed E-state index contributed by atoms with van der Waals surface area (Å²) in [7, 11) is 0. The van der Waals surface area contributed by atoms with Crippen molar-refractivity contribution in [3.05, 3.63) is 11.9 Å². The van der Waals surface area contributed by atoms with Crippen LogP contribution < -0.4 is 11.1 Å². The smallest absolute Gasteiger partial charge is 0.135 e. The summed E-state index contributed by atoms with van der Waals surface area (Å²) in [6, 6.07) is 0.495. The lowest BCUT2D eigenvalue weighted by Gasteiger charge is -2.32. The molecule has 5 nitrogen and oxygen atoms in total. The minimum Gasteiger partial charge on any atom is -0.383 e. The molecule has 0 spiro atoms. The summed E-state index contributed by atoms with van der Waals surface area (Å²) in [4.78, 5) is 11.0. The van der Waals surface area contributed by atoms with Gasteiger partial charge in [0.1, 0.15) is 18.0 Å². The Balaban J connectivity index is 1.99. The maximum Gasteiger partial charge on any atom is 0.135 e. The van der Waals surface area contributed by atoms with Gasteiger partial charge in [0.15, 0.2) is 0 Å². The Morgan fingerprint density at radius 1 is 1.35 bits per heavy atom. The molecule has 2 heterocycles. The average molecular weight is 277 g/mol. The maximum absolute atomic E-state index is 5.99. The maximum atomic E-state index is 5.99. The number of nitrogen functional groups attached to an aromatic ring is 1. The van der Waals surface area contributed by atoms with Gasteiger partial charge in [0, 0.05) is 24.7 Å². The molecule has 0 unspecified atom stereocenters. The van der Waals surface area contributed by atoms with E-state index in [4.69, 9.17) is 5.73 Å². The number of piperidine rings is 1. The van der Waals surface area contributed by atoms with Crippen LogP contribution in [0, 0.1) is 0 Å². The van der Waals surface area contributed by atoms with Crippen LogP contribution in [0.2, 0.25) is 0 Å². The molecule has 1 aliphatic heterocycles. The van der Waals surface area contributed by atoms with Crippen molar-refractivity contribution >= 4 is 11.6 Å². The second kappa shape index (κ2) is 6.88. The van der Waals surface area contributed by atoms with Crippen molar-refractivity contribution in [3.63, 3.8) is 0 Å². The van der Waals surface area contributed by atoms with E-state index in [1.807, 2.05) is 0 Å². The number of hydrogen-bond donors (Lipinski definition) is 2. The van der Waals surface area contributed by atoms with E-state index in [2.05, 4.69) is 41.0 Å². The Kier molecular flexibility index (Phi) is 5.17. The standard InChI is InChI=1S/C15H27N5/c1-4-7-20-8-5-12(6-9-20)19-15-13(11(2)3)14(16)17-10-18-15/h10-12H,4-9H2,1-3H3,(H3,16,17,18,19). The third-order valence-electron chi connectivity index (χ3n) is 3.96. The fraction of sp³-hybridized carbons (Fsp3) is 0.733. The van der Waals surface area contributed by atoms with Crippen molar-refractivity contribution in [1.29, 1.82) is 0 Å². The van der Waals surface area contributed by atoms with Gasteiger partial charge in [-0.1, -0.05) is 20.8 Å². The summed E-state index contributed by atoms with van der Waals surface area (Å²) < 4.78 is 0. The van der Waals surface area contributed by atoms with Gasteiger partial charge in [0.2, 0.25) is 0 Å². The van der Waals surface area contributed by atoms with Gasteiger partial charge < -0.3 is 16.0 Å². The van der Waals surface area contributed by atoms with E-state index in [1.165, 1.54) is 38.9 Å². The molecule has 1 aliphatic rings. The molecule has 112 valence electrons. The minimum atomic E-state index is 0.332. The molecule has 1 saturated heterocycles. The van der Waals surface area contributed by atoms with Crippen molar-refractivity contribution in [2.24, 2.45) is 0 Å². The second-order valence-electron chi connectivity index (χ2n) is 5.94. The summed E-state index contributed by atoms with van der Waals surface area (Å²) in [5.41, 5.74) is 7.03. The highest BCUT2D eigenvalue weighted by Crippen LogP contribution is 2.27. The van der Waals surface area contributed by atoms with E-state index in [1.54, 1.807) is 6.33 Å². The number of aromatic nitrogens is 2. The summed E-state index contributed by atoms with van der Waals surface area (Å²) in [5, 5.41) is 3.58. The van der Waals surface area contributed by atoms with Crippen LogP contribution in [0.25, 0.3) is 0 Å². The first-order valence-electron chi connectivity index (χ1n) is 7.71. The Hall–Kier alpha value is -1.36. The summed E-state index contributed by atoms with van der Waals surface area (Å²) in [6.45, 7) is 10.0. The van der Waals surface area contributed by atoms with Gasteiger partial charge in [0.05, 0.1) is 0 Å². The molecule has 5 heteroatoms. The zero-order chi connectivity index (χ0) is 14.5.